The topological polar surface area (TPSA) is 61.4 Å². The molecule has 2 amide bonds. The van der Waals surface area contributed by atoms with Gasteiger partial charge in [-0.1, -0.05) is 12.1 Å². The van der Waals surface area contributed by atoms with Gasteiger partial charge in [0.05, 0.1) is 17.3 Å². The molecule has 21 heavy (non-hydrogen) atoms. The van der Waals surface area contributed by atoms with E-state index >= 15 is 0 Å². The van der Waals surface area contributed by atoms with Crippen LogP contribution in [0.2, 0.25) is 0 Å². The molecule has 112 valence electrons. The van der Waals surface area contributed by atoms with Crippen molar-refractivity contribution in [2.75, 3.05) is 29.9 Å². The Balaban J connectivity index is 1.75. The van der Waals surface area contributed by atoms with Crippen LogP contribution < -0.4 is 15.5 Å². The van der Waals surface area contributed by atoms with Crippen molar-refractivity contribution >= 4 is 23.2 Å². The van der Waals surface area contributed by atoms with Crippen LogP contribution in [-0.4, -0.2) is 31.4 Å². The monoisotopic (exact) mass is 287 g/mol. The summed E-state index contributed by atoms with van der Waals surface area (Å²) in [5.74, 6) is 0.193. The zero-order valence-electron chi connectivity index (χ0n) is 12.1. The molecule has 2 saturated heterocycles. The smallest absolute Gasteiger partial charge is 0.228 e. The third-order valence-corrected chi connectivity index (χ3v) is 4.19. The van der Waals surface area contributed by atoms with Crippen LogP contribution in [0.3, 0.4) is 0 Å². The number of anilines is 2. The molecule has 5 heteroatoms. The van der Waals surface area contributed by atoms with Crippen molar-refractivity contribution in [3.63, 3.8) is 0 Å². The van der Waals surface area contributed by atoms with E-state index < -0.39 is 0 Å². The first-order valence-corrected chi connectivity index (χ1v) is 7.66. The summed E-state index contributed by atoms with van der Waals surface area (Å²) in [7, 11) is 0. The highest BCUT2D eigenvalue weighted by Crippen LogP contribution is 2.29. The minimum atomic E-state index is 0.0149. The Morgan fingerprint density at radius 2 is 2.14 bits per heavy atom. The van der Waals surface area contributed by atoms with Gasteiger partial charge in [-0.05, 0) is 37.9 Å². The third kappa shape index (κ3) is 3.08. The summed E-state index contributed by atoms with van der Waals surface area (Å²) >= 11 is 0. The number of hydrogen-bond acceptors (Lipinski definition) is 3. The molecule has 2 aliphatic heterocycles. The Labute approximate surface area is 124 Å². The fourth-order valence-corrected chi connectivity index (χ4v) is 3.03. The van der Waals surface area contributed by atoms with Gasteiger partial charge in [-0.15, -0.1) is 0 Å². The molecule has 2 heterocycles. The van der Waals surface area contributed by atoms with Crippen molar-refractivity contribution in [3.05, 3.63) is 24.3 Å². The predicted molar refractivity (Wildman–Crippen MR) is 82.3 cm³/mol. The molecule has 0 bridgehead atoms. The van der Waals surface area contributed by atoms with Crippen molar-refractivity contribution in [1.29, 1.82) is 0 Å². The minimum absolute atomic E-state index is 0.0149. The van der Waals surface area contributed by atoms with Crippen LogP contribution in [0, 0.1) is 5.92 Å². The summed E-state index contributed by atoms with van der Waals surface area (Å²) in [5.41, 5.74) is 1.56. The number of nitrogens with zero attached hydrogens (tertiary/aromatic N) is 1. The van der Waals surface area contributed by atoms with Gasteiger partial charge >= 0.3 is 0 Å². The summed E-state index contributed by atoms with van der Waals surface area (Å²) in [6.07, 6.45) is 3.43. The maximum absolute atomic E-state index is 12.4. The number of carbonyl (C=O) groups excluding carboxylic acids is 2. The average Bonchev–Trinajstić information content (AvgIpc) is 2.95. The molecule has 1 atom stereocenters. The molecular formula is C16H21N3O2. The summed E-state index contributed by atoms with van der Waals surface area (Å²) in [6.45, 7) is 2.45. The van der Waals surface area contributed by atoms with Gasteiger partial charge in [0.25, 0.3) is 0 Å². The number of para-hydroxylation sites is 2. The molecule has 0 aromatic heterocycles. The fourth-order valence-electron chi connectivity index (χ4n) is 3.03. The highest BCUT2D eigenvalue weighted by molar-refractivity contribution is 6.02. The average molecular weight is 287 g/mol. The normalized spacial score (nSPS) is 22.4. The minimum Gasteiger partial charge on any atom is -0.324 e. The Morgan fingerprint density at radius 3 is 2.86 bits per heavy atom. The van der Waals surface area contributed by atoms with E-state index in [9.17, 15) is 9.59 Å². The standard InChI is InChI=1S/C16H21N3O2/c20-15-8-4-10-19(15)14-7-2-1-6-13(14)18-16(21)12-5-3-9-17-11-12/h1-2,6-7,12,17H,3-5,8-11H2,(H,18,21). The molecule has 0 saturated carbocycles. The number of carbonyl (C=O) groups is 2. The van der Waals surface area contributed by atoms with Crippen LogP contribution in [-0.2, 0) is 9.59 Å². The number of rotatable bonds is 3. The molecule has 0 aliphatic carbocycles. The predicted octanol–water partition coefficient (Wildman–Crippen LogP) is 1.75. The van der Waals surface area contributed by atoms with Crippen molar-refractivity contribution < 1.29 is 9.59 Å². The first kappa shape index (κ1) is 14.1. The Kier molecular flexibility index (Phi) is 4.20. The van der Waals surface area contributed by atoms with E-state index in [-0.39, 0.29) is 17.7 Å². The highest BCUT2D eigenvalue weighted by atomic mass is 16.2. The quantitative estimate of drug-likeness (QED) is 0.890. The second kappa shape index (κ2) is 6.26. The lowest BCUT2D eigenvalue weighted by molar-refractivity contribution is -0.120. The van der Waals surface area contributed by atoms with Gasteiger partial charge in [-0.3, -0.25) is 9.59 Å². The summed E-state index contributed by atoms with van der Waals surface area (Å²) in [4.78, 5) is 26.1. The van der Waals surface area contributed by atoms with Gasteiger partial charge in [-0.2, -0.15) is 0 Å². The molecule has 1 unspecified atom stereocenters. The molecule has 0 spiro atoms. The lowest BCUT2D eigenvalue weighted by Gasteiger charge is -2.24. The number of nitrogens with one attached hydrogen (secondary N) is 2. The van der Waals surface area contributed by atoms with Gasteiger partial charge in [0.15, 0.2) is 0 Å². The molecule has 0 radical (unpaired) electrons. The Morgan fingerprint density at radius 1 is 1.29 bits per heavy atom. The third-order valence-electron chi connectivity index (χ3n) is 4.19. The fraction of sp³-hybridized carbons (Fsp3) is 0.500. The molecular weight excluding hydrogens is 266 g/mol. The SMILES string of the molecule is O=C(Nc1ccccc1N1CCCC1=O)C1CCCNC1. The van der Waals surface area contributed by atoms with E-state index in [1.54, 1.807) is 4.90 Å². The van der Waals surface area contributed by atoms with Gasteiger partial charge in [0.2, 0.25) is 11.8 Å². The van der Waals surface area contributed by atoms with Crippen molar-refractivity contribution in [1.82, 2.24) is 5.32 Å². The molecule has 5 nitrogen and oxygen atoms in total. The van der Waals surface area contributed by atoms with Crippen LogP contribution in [0.5, 0.6) is 0 Å². The van der Waals surface area contributed by atoms with Gasteiger partial charge in [-0.25, -0.2) is 0 Å². The number of piperidine rings is 1. The molecule has 3 rings (SSSR count). The lowest BCUT2D eigenvalue weighted by atomic mass is 9.98. The zero-order valence-corrected chi connectivity index (χ0v) is 12.1. The second-order valence-corrected chi connectivity index (χ2v) is 5.70. The maximum Gasteiger partial charge on any atom is 0.228 e. The highest BCUT2D eigenvalue weighted by Gasteiger charge is 2.26. The molecule has 2 fully saturated rings. The van der Waals surface area contributed by atoms with E-state index in [2.05, 4.69) is 10.6 Å². The number of benzene rings is 1. The number of amides is 2. The van der Waals surface area contributed by atoms with Gasteiger partial charge in [0, 0.05) is 19.5 Å². The first-order chi connectivity index (χ1) is 10.3. The lowest BCUT2D eigenvalue weighted by Crippen LogP contribution is -2.37. The second-order valence-electron chi connectivity index (χ2n) is 5.70. The van der Waals surface area contributed by atoms with Crippen LogP contribution in [0.1, 0.15) is 25.7 Å². The summed E-state index contributed by atoms with van der Waals surface area (Å²) in [5, 5.41) is 6.26. The Hall–Kier alpha value is -1.88. The van der Waals surface area contributed by atoms with Crippen LogP contribution in [0.4, 0.5) is 11.4 Å². The van der Waals surface area contributed by atoms with Crippen LogP contribution in [0.15, 0.2) is 24.3 Å². The summed E-state index contributed by atoms with van der Waals surface area (Å²) < 4.78 is 0. The van der Waals surface area contributed by atoms with E-state index in [4.69, 9.17) is 0 Å². The Bertz CT molecular complexity index is 538. The van der Waals surface area contributed by atoms with Gasteiger partial charge < -0.3 is 15.5 Å². The molecule has 2 aliphatic rings. The molecule has 1 aromatic rings. The molecule has 1 aromatic carbocycles. The van der Waals surface area contributed by atoms with Crippen molar-refractivity contribution in [2.45, 2.75) is 25.7 Å². The van der Waals surface area contributed by atoms with E-state index in [0.717, 1.165) is 50.3 Å². The van der Waals surface area contributed by atoms with Crippen molar-refractivity contribution in [3.8, 4) is 0 Å². The summed E-state index contributed by atoms with van der Waals surface area (Å²) in [6, 6.07) is 7.56. The zero-order chi connectivity index (χ0) is 14.7. The van der Waals surface area contributed by atoms with E-state index in [1.807, 2.05) is 24.3 Å². The van der Waals surface area contributed by atoms with Gasteiger partial charge in [0.1, 0.15) is 0 Å². The van der Waals surface area contributed by atoms with E-state index in [0.29, 0.717) is 6.42 Å². The maximum atomic E-state index is 12.4. The van der Waals surface area contributed by atoms with Crippen LogP contribution in [0.25, 0.3) is 0 Å². The molecule has 2 N–H and O–H groups in total. The largest absolute Gasteiger partial charge is 0.324 e. The van der Waals surface area contributed by atoms with E-state index in [1.165, 1.54) is 0 Å². The van der Waals surface area contributed by atoms with Crippen molar-refractivity contribution in [2.24, 2.45) is 5.92 Å². The van der Waals surface area contributed by atoms with Crippen LogP contribution >= 0.6 is 0 Å². The first-order valence-electron chi connectivity index (χ1n) is 7.66. The number of hydrogen-bond donors (Lipinski definition) is 2.